The van der Waals surface area contributed by atoms with Crippen LogP contribution in [0.1, 0.15) is 0 Å². The summed E-state index contributed by atoms with van der Waals surface area (Å²) >= 11 is 0. The normalized spacial score (nSPS) is 27.2. The molecule has 0 saturated carbocycles. The van der Waals surface area contributed by atoms with Gasteiger partial charge in [-0.05, 0) is 29.7 Å². The Kier molecular flexibility index (Phi) is 2.30. The van der Waals surface area contributed by atoms with Crippen LogP contribution in [0.4, 0.5) is 0 Å². The third-order valence-corrected chi connectivity index (χ3v) is 5.20. The molecule has 1 spiro atoms. The van der Waals surface area contributed by atoms with Crippen molar-refractivity contribution >= 4 is 28.1 Å². The Balaban J connectivity index is 1.64. The van der Waals surface area contributed by atoms with Gasteiger partial charge in [-0.2, -0.15) is 0 Å². The van der Waals surface area contributed by atoms with Crippen molar-refractivity contribution in [2.24, 2.45) is 0 Å². The molecule has 2 atom stereocenters. The predicted molar refractivity (Wildman–Crippen MR) is 87.8 cm³/mol. The van der Waals surface area contributed by atoms with E-state index in [9.17, 15) is 14.4 Å². The van der Waals surface area contributed by atoms with Crippen molar-refractivity contribution < 1.29 is 28.6 Å². The van der Waals surface area contributed by atoms with Gasteiger partial charge >= 0.3 is 5.79 Å². The van der Waals surface area contributed by atoms with Crippen LogP contribution in [0.15, 0.2) is 59.7 Å². The molecule has 2 aromatic rings. The highest BCUT2D eigenvalue weighted by Gasteiger charge is 2.71. The van der Waals surface area contributed by atoms with Gasteiger partial charge in [-0.3, -0.25) is 14.4 Å². The third kappa shape index (κ3) is 1.49. The van der Waals surface area contributed by atoms with Crippen LogP contribution in [0.2, 0.25) is 0 Å². The van der Waals surface area contributed by atoms with E-state index in [1.807, 2.05) is 24.3 Å². The van der Waals surface area contributed by atoms with Crippen molar-refractivity contribution in [1.29, 1.82) is 0 Å². The average Bonchev–Trinajstić information content (AvgIpc) is 3.44. The van der Waals surface area contributed by atoms with Gasteiger partial charge < -0.3 is 14.2 Å². The van der Waals surface area contributed by atoms with E-state index in [1.54, 1.807) is 12.1 Å². The second-order valence-electron chi connectivity index (χ2n) is 6.64. The maximum atomic E-state index is 12.6. The molecule has 0 bridgehead atoms. The fourth-order valence-corrected chi connectivity index (χ4v) is 4.05. The molecule has 4 aliphatic rings. The molecule has 6 heteroatoms. The molecule has 126 valence electrons. The zero-order valence-electron chi connectivity index (χ0n) is 13.2. The molecule has 2 heterocycles. The highest BCUT2D eigenvalue weighted by Crippen LogP contribution is 2.53. The van der Waals surface area contributed by atoms with E-state index < -0.39 is 35.3 Å². The molecule has 6 nitrogen and oxygen atoms in total. The molecule has 0 radical (unpaired) electrons. The fraction of sp³-hybridized carbons (Fsp3) is 0.150. The summed E-state index contributed by atoms with van der Waals surface area (Å²) in [6, 6.07) is 11.1. The number of ether oxygens (including phenoxy) is 3. The van der Waals surface area contributed by atoms with Gasteiger partial charge in [0.25, 0.3) is 0 Å². The summed E-state index contributed by atoms with van der Waals surface area (Å²) in [4.78, 5) is 37.5. The lowest BCUT2D eigenvalue weighted by Gasteiger charge is -2.40. The predicted octanol–water partition coefficient (Wildman–Crippen LogP) is 1.66. The first-order valence-corrected chi connectivity index (χ1v) is 8.21. The molecule has 6 rings (SSSR count). The number of epoxide rings is 1. The fourth-order valence-electron chi connectivity index (χ4n) is 4.05. The zero-order chi connectivity index (χ0) is 17.6. The smallest absolute Gasteiger partial charge is 0.312 e. The minimum atomic E-state index is -1.63. The van der Waals surface area contributed by atoms with E-state index in [2.05, 4.69) is 0 Å². The van der Waals surface area contributed by atoms with Gasteiger partial charge in [0, 0.05) is 0 Å². The van der Waals surface area contributed by atoms with Crippen LogP contribution in [0, 0.1) is 0 Å². The summed E-state index contributed by atoms with van der Waals surface area (Å²) in [6.45, 7) is 0. The number of benzene rings is 2. The number of ketones is 3. The lowest BCUT2D eigenvalue weighted by atomic mass is 9.78. The Hall–Kier alpha value is -3.25. The molecule has 0 N–H and O–H groups in total. The Morgan fingerprint density at radius 2 is 1.50 bits per heavy atom. The molecule has 2 aliphatic carbocycles. The van der Waals surface area contributed by atoms with Crippen molar-refractivity contribution in [3.8, 4) is 11.5 Å². The quantitative estimate of drug-likeness (QED) is 0.410. The lowest BCUT2D eigenvalue weighted by Crippen LogP contribution is -2.58. The molecular weight excluding hydrogens is 336 g/mol. The summed E-state index contributed by atoms with van der Waals surface area (Å²) in [5.74, 6) is -2.07. The molecule has 1 fully saturated rings. The van der Waals surface area contributed by atoms with E-state index in [0.29, 0.717) is 11.5 Å². The minimum absolute atomic E-state index is 0.0692. The zero-order valence-corrected chi connectivity index (χ0v) is 13.2. The van der Waals surface area contributed by atoms with E-state index in [0.717, 1.165) is 22.9 Å². The van der Waals surface area contributed by atoms with Crippen molar-refractivity contribution in [3.05, 3.63) is 59.7 Å². The van der Waals surface area contributed by atoms with E-state index in [-0.39, 0.29) is 11.1 Å². The monoisotopic (exact) mass is 346 g/mol. The van der Waals surface area contributed by atoms with Crippen LogP contribution in [0.3, 0.4) is 0 Å². The summed E-state index contributed by atoms with van der Waals surface area (Å²) in [5.41, 5.74) is -0.261. The summed E-state index contributed by atoms with van der Waals surface area (Å²) < 4.78 is 17.8. The number of carbonyl (C=O) groups excluding carboxylic acids is 3. The second-order valence-corrected chi connectivity index (χ2v) is 6.64. The Bertz CT molecular complexity index is 1100. The van der Waals surface area contributed by atoms with E-state index in [1.165, 1.54) is 0 Å². The van der Waals surface area contributed by atoms with Crippen molar-refractivity contribution in [2.45, 2.75) is 18.0 Å². The van der Waals surface area contributed by atoms with Crippen LogP contribution in [0.5, 0.6) is 11.5 Å². The number of Topliss-reactive ketones (excluding diaryl/α,β-unsaturated/α-hetero) is 1. The standard InChI is InChI=1S/C20H10O6/c21-10-7-8-11(22)16-15(10)17(23)18-19(24-18)20(16)25-12-5-1-3-9-4-2-6-13(26-20)14(9)12/h1-8,18-19H/t18-,19-/m1/s1. The molecule has 0 unspecified atom stereocenters. The topological polar surface area (TPSA) is 82.2 Å². The highest BCUT2D eigenvalue weighted by atomic mass is 16.8. The molecule has 1 saturated heterocycles. The van der Waals surface area contributed by atoms with Gasteiger partial charge in [0.2, 0.25) is 0 Å². The van der Waals surface area contributed by atoms with Crippen LogP contribution in [-0.4, -0.2) is 35.3 Å². The van der Waals surface area contributed by atoms with Crippen LogP contribution in [-0.2, 0) is 19.1 Å². The maximum Gasteiger partial charge on any atom is 0.312 e. The SMILES string of the molecule is O=C1C=CC(=O)C2=C1C(=O)[C@H]1O[C@H]1C21Oc2cccc3cccc(c23)O1. The van der Waals surface area contributed by atoms with Crippen molar-refractivity contribution in [3.63, 3.8) is 0 Å². The van der Waals surface area contributed by atoms with Gasteiger partial charge in [-0.25, -0.2) is 0 Å². The van der Waals surface area contributed by atoms with Gasteiger partial charge in [0.05, 0.1) is 11.0 Å². The van der Waals surface area contributed by atoms with Crippen LogP contribution in [0.25, 0.3) is 10.8 Å². The average molecular weight is 346 g/mol. The van der Waals surface area contributed by atoms with Gasteiger partial charge in [-0.15, -0.1) is 0 Å². The number of hydrogen-bond acceptors (Lipinski definition) is 6. The first-order valence-electron chi connectivity index (χ1n) is 8.21. The molecular formula is C20H10O6. The number of hydrogen-bond donors (Lipinski definition) is 0. The van der Waals surface area contributed by atoms with Crippen LogP contribution >= 0.6 is 0 Å². The highest BCUT2D eigenvalue weighted by molar-refractivity contribution is 6.35. The Morgan fingerprint density at radius 1 is 0.846 bits per heavy atom. The van der Waals surface area contributed by atoms with Gasteiger partial charge in [0.1, 0.15) is 17.1 Å². The summed E-state index contributed by atoms with van der Waals surface area (Å²) in [7, 11) is 0. The number of fused-ring (bicyclic) bond motifs is 3. The van der Waals surface area contributed by atoms with Crippen molar-refractivity contribution in [1.82, 2.24) is 0 Å². The second kappa shape index (κ2) is 4.28. The summed E-state index contributed by atoms with van der Waals surface area (Å²) in [5, 5.41) is 1.71. The largest absolute Gasteiger partial charge is 0.445 e. The lowest BCUT2D eigenvalue weighted by molar-refractivity contribution is -0.135. The third-order valence-electron chi connectivity index (χ3n) is 5.20. The maximum absolute atomic E-state index is 12.6. The first-order chi connectivity index (χ1) is 12.6. The molecule has 2 aromatic carbocycles. The minimum Gasteiger partial charge on any atom is -0.445 e. The van der Waals surface area contributed by atoms with Crippen molar-refractivity contribution in [2.75, 3.05) is 0 Å². The molecule has 0 aromatic heterocycles. The first kappa shape index (κ1) is 14.0. The molecule has 26 heavy (non-hydrogen) atoms. The summed E-state index contributed by atoms with van der Waals surface area (Å²) in [6.07, 6.45) is 0.654. The van der Waals surface area contributed by atoms with Gasteiger partial charge in [-0.1, -0.05) is 24.3 Å². The van der Waals surface area contributed by atoms with E-state index >= 15 is 0 Å². The number of carbonyl (C=O) groups is 3. The van der Waals surface area contributed by atoms with E-state index in [4.69, 9.17) is 14.2 Å². The Labute approximate surface area is 146 Å². The number of allylic oxidation sites excluding steroid dienone is 2. The Morgan fingerprint density at radius 3 is 2.19 bits per heavy atom. The van der Waals surface area contributed by atoms with Crippen LogP contribution < -0.4 is 9.47 Å². The van der Waals surface area contributed by atoms with Gasteiger partial charge in [0.15, 0.2) is 29.6 Å². The molecule has 0 amide bonds. The molecule has 2 aliphatic heterocycles. The number of rotatable bonds is 0.